The van der Waals surface area contributed by atoms with Gasteiger partial charge >= 0.3 is 23.9 Å². The molecule has 4 aromatic rings. The van der Waals surface area contributed by atoms with Crippen LogP contribution in [0.3, 0.4) is 0 Å². The van der Waals surface area contributed by atoms with Gasteiger partial charge in [-0.3, -0.25) is 9.59 Å². The molecule has 0 saturated carbocycles. The number of anilines is 1. The highest BCUT2D eigenvalue weighted by molar-refractivity contribution is 6.24. The quantitative estimate of drug-likeness (QED) is 0.154. The van der Waals surface area contributed by atoms with E-state index in [1.807, 2.05) is 0 Å². The molecule has 13 nitrogen and oxygen atoms in total. The van der Waals surface area contributed by atoms with E-state index >= 15 is 0 Å². The second-order valence-electron chi connectivity index (χ2n) is 10.7. The number of nitrogens with zero attached hydrogens (tertiary/aromatic N) is 1. The number of fused-ring (bicyclic) bond motifs is 1. The smallest absolute Gasteiger partial charge is 0.338 e. The minimum atomic E-state index is -1.67. The Balaban J connectivity index is 1.38. The number of carbonyl (C=O) groups excluding carboxylic acids is 6. The number of nitrogens with two attached hydrogens (primary N) is 1. The maximum Gasteiger partial charge on any atom is 0.338 e. The van der Waals surface area contributed by atoms with Gasteiger partial charge in [0.1, 0.15) is 12.7 Å². The summed E-state index contributed by atoms with van der Waals surface area (Å²) >= 11 is 0. The fraction of sp³-hybridized carbons (Fsp3) is 0.143. The van der Waals surface area contributed by atoms with E-state index in [4.69, 9.17) is 24.7 Å². The molecule has 2 aliphatic rings. The Hall–Kier alpha value is -6.34. The van der Waals surface area contributed by atoms with Crippen LogP contribution in [0.5, 0.6) is 0 Å². The van der Waals surface area contributed by atoms with Gasteiger partial charge in [0.15, 0.2) is 18.4 Å². The molecule has 1 fully saturated rings. The zero-order valence-electron chi connectivity index (χ0n) is 25.0. The Labute approximate surface area is 273 Å². The number of carbonyl (C=O) groups is 6. The monoisotopic (exact) mass is 649 g/mol. The molecule has 0 radical (unpaired) electrons. The number of rotatable bonds is 9. The first-order valence-electron chi connectivity index (χ1n) is 14.7. The molecule has 3 N–H and O–H groups in total. The Kier molecular flexibility index (Phi) is 8.94. The molecule has 48 heavy (non-hydrogen) atoms. The molecule has 2 aliphatic heterocycles. The molecule has 6 rings (SSSR count). The average molecular weight is 650 g/mol. The van der Waals surface area contributed by atoms with Crippen LogP contribution in [0, 0.1) is 0 Å². The third-order valence-electron chi connectivity index (χ3n) is 7.64. The molecule has 0 bridgehead atoms. The number of benzene rings is 4. The summed E-state index contributed by atoms with van der Waals surface area (Å²) in [5.74, 6) is -4.18. The van der Waals surface area contributed by atoms with Crippen LogP contribution in [0.2, 0.25) is 0 Å². The van der Waals surface area contributed by atoms with E-state index < -0.39 is 66.9 Å². The normalized spacial score (nSPS) is 19.7. The predicted octanol–water partition coefficient (Wildman–Crippen LogP) is 3.81. The van der Waals surface area contributed by atoms with E-state index in [2.05, 4.69) is 5.32 Å². The van der Waals surface area contributed by atoms with Crippen LogP contribution in [-0.4, -0.2) is 71.8 Å². The lowest BCUT2D eigenvalue weighted by Crippen LogP contribution is -2.50. The van der Waals surface area contributed by atoms with E-state index in [0.717, 1.165) is 0 Å². The highest BCUT2D eigenvalue weighted by atomic mass is 16.7. The van der Waals surface area contributed by atoms with Gasteiger partial charge in [0.05, 0.1) is 33.5 Å². The third kappa shape index (κ3) is 6.34. The number of urea groups is 1. The number of esters is 3. The topological polar surface area (TPSA) is 181 Å². The first kappa shape index (κ1) is 31.6. The summed E-state index contributed by atoms with van der Waals surface area (Å²) in [6.45, 7) is -0.520. The standard InChI is InChI=1S/C35H27N3O10/c36-35(44)37-24-18-10-17-23-26(24)30(40)38(29(23)39)31-28(48-34(43)22-15-8-3-9-16-22)27(47-33(42)21-13-6-2-7-14-21)25(46-31)19-45-32(41)20-11-4-1-5-12-20/h1-18,25,27-28,31H,19H2,(H3,36,37,44)/t25-,27-,28-,31-/m1/s1. The summed E-state index contributed by atoms with van der Waals surface area (Å²) in [6.07, 6.45) is -6.07. The predicted molar refractivity (Wildman–Crippen MR) is 167 cm³/mol. The lowest BCUT2D eigenvalue weighted by Gasteiger charge is -2.28. The van der Waals surface area contributed by atoms with Gasteiger partial charge in [0.25, 0.3) is 11.8 Å². The maximum atomic E-state index is 13.9. The molecule has 4 atom stereocenters. The fourth-order valence-corrected chi connectivity index (χ4v) is 5.44. The number of ether oxygens (including phenoxy) is 4. The van der Waals surface area contributed by atoms with Crippen LogP contribution >= 0.6 is 0 Å². The van der Waals surface area contributed by atoms with Crippen LogP contribution in [0.4, 0.5) is 10.5 Å². The van der Waals surface area contributed by atoms with Gasteiger partial charge in [-0.15, -0.1) is 0 Å². The first-order chi connectivity index (χ1) is 23.2. The Morgan fingerprint density at radius 1 is 0.667 bits per heavy atom. The summed E-state index contributed by atoms with van der Waals surface area (Å²) in [5.41, 5.74) is 5.50. The van der Waals surface area contributed by atoms with Gasteiger partial charge in [0, 0.05) is 0 Å². The SMILES string of the molecule is NC(=O)Nc1cccc2c1C(=O)N([C@@H]1O[C@H](COC(=O)c3ccccc3)[C@@H](OC(=O)c3ccccc3)[C@H]1OC(=O)c1ccccc1)C2=O. The second-order valence-corrected chi connectivity index (χ2v) is 10.7. The molecule has 0 aliphatic carbocycles. The number of nitrogens with one attached hydrogen (secondary N) is 1. The van der Waals surface area contributed by atoms with Gasteiger partial charge < -0.3 is 30.0 Å². The van der Waals surface area contributed by atoms with Gasteiger partial charge in [-0.05, 0) is 48.5 Å². The van der Waals surface area contributed by atoms with Crippen LogP contribution in [0.1, 0.15) is 51.8 Å². The molecule has 242 valence electrons. The molecule has 4 aromatic carbocycles. The van der Waals surface area contributed by atoms with Crippen molar-refractivity contribution in [2.45, 2.75) is 24.5 Å². The molecule has 0 aromatic heterocycles. The fourth-order valence-electron chi connectivity index (χ4n) is 5.44. The van der Waals surface area contributed by atoms with Crippen molar-refractivity contribution in [2.75, 3.05) is 11.9 Å². The molecule has 13 heteroatoms. The lowest BCUT2D eigenvalue weighted by atomic mass is 10.1. The number of hydrogen-bond acceptors (Lipinski definition) is 10. The Morgan fingerprint density at radius 3 is 1.73 bits per heavy atom. The molecule has 0 spiro atoms. The van der Waals surface area contributed by atoms with Crippen molar-refractivity contribution in [2.24, 2.45) is 5.73 Å². The van der Waals surface area contributed by atoms with Gasteiger partial charge in [0.2, 0.25) is 0 Å². The van der Waals surface area contributed by atoms with Crippen molar-refractivity contribution in [1.82, 2.24) is 4.90 Å². The minimum Gasteiger partial charge on any atom is -0.459 e. The first-order valence-corrected chi connectivity index (χ1v) is 14.7. The third-order valence-corrected chi connectivity index (χ3v) is 7.64. The Bertz CT molecular complexity index is 1880. The number of imide groups is 1. The van der Waals surface area contributed by atoms with E-state index in [0.29, 0.717) is 4.90 Å². The zero-order valence-corrected chi connectivity index (χ0v) is 25.0. The van der Waals surface area contributed by atoms with Crippen LogP contribution in [0.25, 0.3) is 0 Å². The molecule has 2 heterocycles. The van der Waals surface area contributed by atoms with Crippen molar-refractivity contribution in [3.05, 3.63) is 137 Å². The number of hydrogen-bond donors (Lipinski definition) is 2. The van der Waals surface area contributed by atoms with Crippen molar-refractivity contribution in [1.29, 1.82) is 0 Å². The van der Waals surface area contributed by atoms with Gasteiger partial charge in [-0.1, -0.05) is 60.7 Å². The molecular formula is C35H27N3O10. The van der Waals surface area contributed by atoms with Crippen LogP contribution in [-0.2, 0) is 18.9 Å². The largest absolute Gasteiger partial charge is 0.459 e. The van der Waals surface area contributed by atoms with E-state index in [9.17, 15) is 28.8 Å². The van der Waals surface area contributed by atoms with Crippen LogP contribution in [0.15, 0.2) is 109 Å². The van der Waals surface area contributed by atoms with Crippen LogP contribution < -0.4 is 11.1 Å². The zero-order chi connectivity index (χ0) is 33.8. The summed E-state index contributed by atoms with van der Waals surface area (Å²) < 4.78 is 23.4. The maximum absolute atomic E-state index is 13.9. The molecule has 0 unspecified atom stereocenters. The van der Waals surface area contributed by atoms with Gasteiger partial charge in [-0.2, -0.15) is 0 Å². The summed E-state index contributed by atoms with van der Waals surface area (Å²) in [4.78, 5) is 79.7. The highest BCUT2D eigenvalue weighted by Gasteiger charge is 2.57. The van der Waals surface area contributed by atoms with Crippen molar-refractivity contribution < 1.29 is 47.7 Å². The summed E-state index contributed by atoms with van der Waals surface area (Å²) in [6, 6.07) is 27.1. The summed E-state index contributed by atoms with van der Waals surface area (Å²) in [7, 11) is 0. The molecule has 1 saturated heterocycles. The molecule has 4 amide bonds. The summed E-state index contributed by atoms with van der Waals surface area (Å²) in [5, 5.41) is 2.33. The lowest BCUT2D eigenvalue weighted by molar-refractivity contribution is -0.0771. The number of primary amides is 1. The van der Waals surface area contributed by atoms with Crippen molar-refractivity contribution >= 4 is 41.4 Å². The Morgan fingerprint density at radius 2 is 1.19 bits per heavy atom. The van der Waals surface area contributed by atoms with E-state index in [1.54, 1.807) is 54.6 Å². The van der Waals surface area contributed by atoms with Gasteiger partial charge in [-0.25, -0.2) is 24.1 Å². The highest BCUT2D eigenvalue weighted by Crippen LogP contribution is 2.37. The minimum absolute atomic E-state index is 0.0305. The second kappa shape index (κ2) is 13.6. The van der Waals surface area contributed by atoms with E-state index in [-0.39, 0.29) is 33.5 Å². The molecular weight excluding hydrogens is 622 g/mol. The number of amides is 4. The van der Waals surface area contributed by atoms with Crippen molar-refractivity contribution in [3.8, 4) is 0 Å². The van der Waals surface area contributed by atoms with E-state index in [1.165, 1.54) is 54.6 Å². The average Bonchev–Trinajstić information content (AvgIpc) is 3.56. The van der Waals surface area contributed by atoms with Crippen molar-refractivity contribution in [3.63, 3.8) is 0 Å².